The molecule has 0 radical (unpaired) electrons. The maximum Gasteiger partial charge on any atom is 0.0548 e. The number of hydrogen-bond donors (Lipinski definition) is 0. The number of aromatic nitrogens is 3. The zero-order valence-electron chi connectivity index (χ0n) is 25.6. The Kier molecular flexibility index (Phi) is 5.57. The van der Waals surface area contributed by atoms with Crippen molar-refractivity contribution >= 4 is 54.5 Å². The quantitative estimate of drug-likeness (QED) is 0.191. The summed E-state index contributed by atoms with van der Waals surface area (Å²) in [5.41, 5.74) is 11.9. The third-order valence-electron chi connectivity index (χ3n) is 9.64. The highest BCUT2D eigenvalue weighted by atomic mass is 15.0. The molecule has 10 aromatic rings. The van der Waals surface area contributed by atoms with E-state index in [1.807, 2.05) is 0 Å². The molecule has 0 amide bonds. The second-order valence-corrected chi connectivity index (χ2v) is 12.3. The van der Waals surface area contributed by atoms with Crippen molar-refractivity contribution in [3.8, 4) is 28.2 Å². The molecule has 0 unspecified atom stereocenters. The van der Waals surface area contributed by atoms with Gasteiger partial charge in [0.2, 0.25) is 0 Å². The van der Waals surface area contributed by atoms with E-state index in [-0.39, 0.29) is 0 Å². The van der Waals surface area contributed by atoms with Crippen LogP contribution in [0, 0.1) is 0 Å². The van der Waals surface area contributed by atoms with Crippen molar-refractivity contribution in [2.75, 3.05) is 0 Å². The SMILES string of the molecule is c1ccc(-c2ccc3c(c2)c2ccccc2n3-c2cccc(-n3c4ccccc4c4cc5c(ccn5-c5ccccc5)cc43)c2)cc1. The molecule has 0 N–H and O–H groups in total. The molecule has 0 saturated carbocycles. The van der Waals surface area contributed by atoms with Crippen LogP contribution in [0.1, 0.15) is 0 Å². The van der Waals surface area contributed by atoms with Gasteiger partial charge in [-0.05, 0) is 83.9 Å². The van der Waals surface area contributed by atoms with Crippen molar-refractivity contribution in [1.29, 1.82) is 0 Å². The van der Waals surface area contributed by atoms with E-state index in [1.165, 1.54) is 71.3 Å². The van der Waals surface area contributed by atoms with Crippen molar-refractivity contribution in [3.05, 3.63) is 176 Å². The van der Waals surface area contributed by atoms with E-state index in [2.05, 4.69) is 190 Å². The Bertz CT molecular complexity index is 2780. The summed E-state index contributed by atoms with van der Waals surface area (Å²) in [6.45, 7) is 0. The summed E-state index contributed by atoms with van der Waals surface area (Å²) in [5, 5.41) is 6.24. The van der Waals surface area contributed by atoms with Crippen molar-refractivity contribution < 1.29 is 0 Å². The second-order valence-electron chi connectivity index (χ2n) is 12.3. The third-order valence-corrected chi connectivity index (χ3v) is 9.64. The molecule has 0 atom stereocenters. The van der Waals surface area contributed by atoms with Gasteiger partial charge in [0, 0.05) is 50.2 Å². The van der Waals surface area contributed by atoms with E-state index in [0.717, 1.165) is 11.4 Å². The Balaban J connectivity index is 1.19. The Hall–Kier alpha value is -6.32. The minimum absolute atomic E-state index is 1.14. The highest BCUT2D eigenvalue weighted by Gasteiger charge is 2.17. The largest absolute Gasteiger partial charge is 0.317 e. The van der Waals surface area contributed by atoms with Crippen LogP contribution < -0.4 is 0 Å². The molecule has 0 bridgehead atoms. The lowest BCUT2D eigenvalue weighted by Gasteiger charge is -2.13. The van der Waals surface area contributed by atoms with Crippen LogP contribution >= 0.6 is 0 Å². The van der Waals surface area contributed by atoms with Gasteiger partial charge in [-0.1, -0.05) is 97.1 Å². The summed E-state index contributed by atoms with van der Waals surface area (Å²) in [5.74, 6) is 0. The molecule has 0 aliphatic rings. The van der Waals surface area contributed by atoms with Crippen LogP contribution in [-0.2, 0) is 0 Å². The molecular weight excluding hydrogens is 571 g/mol. The van der Waals surface area contributed by atoms with Gasteiger partial charge in [-0.3, -0.25) is 0 Å². The topological polar surface area (TPSA) is 14.8 Å². The molecule has 0 fully saturated rings. The van der Waals surface area contributed by atoms with Gasteiger partial charge in [-0.25, -0.2) is 0 Å². The van der Waals surface area contributed by atoms with Gasteiger partial charge < -0.3 is 13.7 Å². The van der Waals surface area contributed by atoms with Crippen LogP contribution in [0.5, 0.6) is 0 Å². The molecule has 0 spiro atoms. The molecular formula is C44H29N3. The summed E-state index contributed by atoms with van der Waals surface area (Å²) >= 11 is 0. The summed E-state index contributed by atoms with van der Waals surface area (Å²) < 4.78 is 7.12. The van der Waals surface area contributed by atoms with Gasteiger partial charge in [-0.15, -0.1) is 0 Å². The van der Waals surface area contributed by atoms with Gasteiger partial charge in [0.1, 0.15) is 0 Å². The monoisotopic (exact) mass is 599 g/mol. The molecule has 0 aliphatic carbocycles. The first-order valence-corrected chi connectivity index (χ1v) is 16.1. The van der Waals surface area contributed by atoms with E-state index in [1.54, 1.807) is 0 Å². The van der Waals surface area contributed by atoms with Gasteiger partial charge in [-0.2, -0.15) is 0 Å². The molecule has 10 rings (SSSR count). The number of para-hydroxylation sites is 3. The lowest BCUT2D eigenvalue weighted by atomic mass is 10.0. The molecule has 0 saturated heterocycles. The Labute approximate surface area is 271 Å². The lowest BCUT2D eigenvalue weighted by Crippen LogP contribution is -1.98. The summed E-state index contributed by atoms with van der Waals surface area (Å²) in [4.78, 5) is 0. The summed E-state index contributed by atoms with van der Waals surface area (Å²) in [6.07, 6.45) is 2.18. The summed E-state index contributed by atoms with van der Waals surface area (Å²) in [7, 11) is 0. The zero-order chi connectivity index (χ0) is 30.9. The molecule has 3 aromatic heterocycles. The van der Waals surface area contributed by atoms with Crippen molar-refractivity contribution in [1.82, 2.24) is 13.7 Å². The van der Waals surface area contributed by atoms with E-state index < -0.39 is 0 Å². The van der Waals surface area contributed by atoms with Gasteiger partial charge in [0.15, 0.2) is 0 Å². The first-order chi connectivity index (χ1) is 23.3. The fourth-order valence-corrected chi connectivity index (χ4v) is 7.52. The van der Waals surface area contributed by atoms with Crippen molar-refractivity contribution in [2.45, 2.75) is 0 Å². The molecule has 3 nitrogen and oxygen atoms in total. The predicted octanol–water partition coefficient (Wildman–Crippen LogP) is 11.5. The van der Waals surface area contributed by atoms with Crippen LogP contribution in [0.3, 0.4) is 0 Å². The number of hydrogen-bond acceptors (Lipinski definition) is 0. The maximum absolute atomic E-state index is 2.43. The van der Waals surface area contributed by atoms with Crippen LogP contribution in [0.15, 0.2) is 176 Å². The average Bonchev–Trinajstić information content (AvgIpc) is 3.81. The molecule has 7 aromatic carbocycles. The average molecular weight is 600 g/mol. The molecule has 47 heavy (non-hydrogen) atoms. The minimum Gasteiger partial charge on any atom is -0.317 e. The molecule has 220 valence electrons. The molecule has 3 heteroatoms. The second kappa shape index (κ2) is 10.1. The normalized spacial score (nSPS) is 11.8. The van der Waals surface area contributed by atoms with Crippen LogP contribution in [0.2, 0.25) is 0 Å². The summed E-state index contributed by atoms with van der Waals surface area (Å²) in [6, 6.07) is 61.5. The van der Waals surface area contributed by atoms with Crippen LogP contribution in [0.4, 0.5) is 0 Å². The molecule has 0 aliphatic heterocycles. The number of fused-ring (bicyclic) bond motifs is 7. The van der Waals surface area contributed by atoms with Gasteiger partial charge in [0.25, 0.3) is 0 Å². The number of rotatable bonds is 4. The third kappa shape index (κ3) is 3.93. The first kappa shape index (κ1) is 26.0. The fourth-order valence-electron chi connectivity index (χ4n) is 7.52. The smallest absolute Gasteiger partial charge is 0.0548 e. The van der Waals surface area contributed by atoms with Crippen molar-refractivity contribution in [2.24, 2.45) is 0 Å². The number of benzene rings is 7. The Morgan fingerprint density at radius 3 is 1.60 bits per heavy atom. The highest BCUT2D eigenvalue weighted by molar-refractivity contribution is 6.14. The van der Waals surface area contributed by atoms with Crippen LogP contribution in [0.25, 0.3) is 82.7 Å². The minimum atomic E-state index is 1.14. The zero-order valence-corrected chi connectivity index (χ0v) is 25.6. The standard InChI is InChI=1S/C44H29N3/c1-3-12-30(13-4-1)31-22-23-42-38(26-31)36-18-7-9-20-40(36)46(42)34-16-11-17-35(28-34)47-41-21-10-8-19-37(41)39-29-43-32(27-44(39)47)24-25-45(43)33-14-5-2-6-15-33/h1-29H. The lowest BCUT2D eigenvalue weighted by molar-refractivity contribution is 1.13. The maximum atomic E-state index is 2.43. The van der Waals surface area contributed by atoms with Crippen LogP contribution in [-0.4, -0.2) is 13.7 Å². The van der Waals surface area contributed by atoms with E-state index in [0.29, 0.717) is 0 Å². The van der Waals surface area contributed by atoms with E-state index in [4.69, 9.17) is 0 Å². The molecule has 3 heterocycles. The fraction of sp³-hybridized carbons (Fsp3) is 0. The number of nitrogens with zero attached hydrogens (tertiary/aromatic N) is 3. The van der Waals surface area contributed by atoms with Gasteiger partial charge >= 0.3 is 0 Å². The van der Waals surface area contributed by atoms with E-state index in [9.17, 15) is 0 Å². The Morgan fingerprint density at radius 1 is 0.298 bits per heavy atom. The van der Waals surface area contributed by atoms with Gasteiger partial charge in [0.05, 0.1) is 27.6 Å². The van der Waals surface area contributed by atoms with E-state index >= 15 is 0 Å². The highest BCUT2D eigenvalue weighted by Crippen LogP contribution is 2.38. The predicted molar refractivity (Wildman–Crippen MR) is 197 cm³/mol. The Morgan fingerprint density at radius 2 is 0.872 bits per heavy atom. The first-order valence-electron chi connectivity index (χ1n) is 16.1. The van der Waals surface area contributed by atoms with Crippen molar-refractivity contribution in [3.63, 3.8) is 0 Å².